The van der Waals surface area contributed by atoms with Gasteiger partial charge < -0.3 is 5.32 Å². The average Bonchev–Trinajstić information content (AvgIpc) is 2.57. The molecule has 0 bridgehead atoms. The molecule has 1 atom stereocenters. The molecule has 1 N–H and O–H groups in total. The number of rotatable bonds is 3. The zero-order valence-corrected chi connectivity index (χ0v) is 11.7. The molecular formula is C14H20BrN. The molecule has 0 aromatic heterocycles. The van der Waals surface area contributed by atoms with E-state index in [1.54, 1.807) is 0 Å². The molecule has 0 aliphatic heterocycles. The summed E-state index contributed by atoms with van der Waals surface area (Å²) in [5, 5.41) is 3.69. The van der Waals surface area contributed by atoms with E-state index in [0.717, 1.165) is 11.0 Å². The molecule has 0 saturated heterocycles. The Hall–Kier alpha value is -0.340. The molecule has 88 valence electrons. The Morgan fingerprint density at radius 1 is 1.31 bits per heavy atom. The van der Waals surface area contributed by atoms with Gasteiger partial charge in [0, 0.05) is 17.1 Å². The summed E-state index contributed by atoms with van der Waals surface area (Å²) in [4.78, 5) is 0. The van der Waals surface area contributed by atoms with Gasteiger partial charge in [0.1, 0.15) is 0 Å². The van der Waals surface area contributed by atoms with Gasteiger partial charge in [-0.1, -0.05) is 48.3 Å². The van der Waals surface area contributed by atoms with Crippen LogP contribution in [0.3, 0.4) is 0 Å². The summed E-state index contributed by atoms with van der Waals surface area (Å²) in [6.07, 6.45) is 4.04. The minimum atomic E-state index is 0.468. The predicted molar refractivity (Wildman–Crippen MR) is 72.4 cm³/mol. The number of hydrogen-bond acceptors (Lipinski definition) is 1. The lowest BCUT2D eigenvalue weighted by Crippen LogP contribution is -2.37. The highest BCUT2D eigenvalue weighted by atomic mass is 79.9. The van der Waals surface area contributed by atoms with Crippen molar-refractivity contribution in [3.63, 3.8) is 0 Å². The van der Waals surface area contributed by atoms with E-state index in [1.807, 2.05) is 0 Å². The minimum Gasteiger partial charge on any atom is -0.309 e. The van der Waals surface area contributed by atoms with Crippen LogP contribution in [0.25, 0.3) is 0 Å². The van der Waals surface area contributed by atoms with Crippen molar-refractivity contribution in [3.05, 3.63) is 34.3 Å². The summed E-state index contributed by atoms with van der Waals surface area (Å²) in [7, 11) is 0. The maximum atomic E-state index is 3.69. The zero-order valence-electron chi connectivity index (χ0n) is 10.1. The van der Waals surface area contributed by atoms with E-state index in [2.05, 4.69) is 59.4 Å². The standard InChI is InChI=1S/C14H20BrN/c1-14(2)9-3-4-13(14)16-10-11-5-7-12(15)8-6-11/h5-8,13,16H,3-4,9-10H2,1-2H3. The molecule has 0 spiro atoms. The molecule has 0 heterocycles. The second-order valence-electron chi connectivity index (χ2n) is 5.44. The van der Waals surface area contributed by atoms with E-state index in [4.69, 9.17) is 0 Å². The maximum absolute atomic E-state index is 3.69. The third-order valence-electron chi connectivity index (χ3n) is 3.72. The lowest BCUT2D eigenvalue weighted by Gasteiger charge is -2.28. The summed E-state index contributed by atoms with van der Waals surface area (Å²) in [5.74, 6) is 0. The monoisotopic (exact) mass is 281 g/mol. The van der Waals surface area contributed by atoms with Crippen molar-refractivity contribution in [2.45, 2.75) is 45.7 Å². The minimum absolute atomic E-state index is 0.468. The summed E-state index contributed by atoms with van der Waals surface area (Å²) < 4.78 is 1.15. The van der Waals surface area contributed by atoms with Crippen LogP contribution in [0.4, 0.5) is 0 Å². The van der Waals surface area contributed by atoms with Crippen molar-refractivity contribution < 1.29 is 0 Å². The number of hydrogen-bond donors (Lipinski definition) is 1. The lowest BCUT2D eigenvalue weighted by atomic mass is 9.87. The first-order chi connectivity index (χ1) is 7.58. The number of halogens is 1. The van der Waals surface area contributed by atoms with Gasteiger partial charge in [0.05, 0.1) is 0 Å². The highest BCUT2D eigenvalue weighted by Gasteiger charge is 2.33. The Kier molecular flexibility index (Phi) is 3.70. The van der Waals surface area contributed by atoms with Gasteiger partial charge in [-0.15, -0.1) is 0 Å². The van der Waals surface area contributed by atoms with Crippen LogP contribution >= 0.6 is 15.9 Å². The highest BCUT2D eigenvalue weighted by molar-refractivity contribution is 9.10. The van der Waals surface area contributed by atoms with Crippen molar-refractivity contribution in [1.82, 2.24) is 5.32 Å². The zero-order chi connectivity index (χ0) is 11.6. The summed E-state index contributed by atoms with van der Waals surface area (Å²) in [6.45, 7) is 5.74. The molecular weight excluding hydrogens is 262 g/mol. The van der Waals surface area contributed by atoms with E-state index < -0.39 is 0 Å². The number of nitrogens with one attached hydrogen (secondary N) is 1. The molecule has 1 nitrogen and oxygen atoms in total. The van der Waals surface area contributed by atoms with Crippen LogP contribution < -0.4 is 5.32 Å². The Balaban J connectivity index is 1.90. The van der Waals surface area contributed by atoms with Crippen LogP contribution in [0.5, 0.6) is 0 Å². The molecule has 0 amide bonds. The van der Waals surface area contributed by atoms with Crippen molar-refractivity contribution in [2.75, 3.05) is 0 Å². The van der Waals surface area contributed by atoms with Gasteiger partial charge in [0.25, 0.3) is 0 Å². The molecule has 1 aromatic rings. The molecule has 2 rings (SSSR count). The third kappa shape index (κ3) is 2.86. The molecule has 0 radical (unpaired) electrons. The molecule has 1 aromatic carbocycles. The van der Waals surface area contributed by atoms with Crippen molar-refractivity contribution in [2.24, 2.45) is 5.41 Å². The van der Waals surface area contributed by atoms with Crippen molar-refractivity contribution in [1.29, 1.82) is 0 Å². The first kappa shape index (κ1) is 12.1. The Labute approximate surface area is 107 Å². The van der Waals surface area contributed by atoms with Crippen LogP contribution in [0.1, 0.15) is 38.7 Å². The molecule has 1 saturated carbocycles. The smallest absolute Gasteiger partial charge is 0.0208 e. The third-order valence-corrected chi connectivity index (χ3v) is 4.25. The van der Waals surface area contributed by atoms with Gasteiger partial charge in [-0.05, 0) is 36.0 Å². The van der Waals surface area contributed by atoms with E-state index in [1.165, 1.54) is 24.8 Å². The van der Waals surface area contributed by atoms with E-state index in [9.17, 15) is 0 Å². The maximum Gasteiger partial charge on any atom is 0.0208 e. The average molecular weight is 282 g/mol. The van der Waals surface area contributed by atoms with Gasteiger partial charge in [-0.3, -0.25) is 0 Å². The number of benzene rings is 1. The molecule has 1 aliphatic rings. The fourth-order valence-corrected chi connectivity index (χ4v) is 2.81. The fraction of sp³-hybridized carbons (Fsp3) is 0.571. The first-order valence-electron chi connectivity index (χ1n) is 6.06. The van der Waals surface area contributed by atoms with Gasteiger partial charge in [-0.2, -0.15) is 0 Å². The van der Waals surface area contributed by atoms with E-state index >= 15 is 0 Å². The molecule has 16 heavy (non-hydrogen) atoms. The van der Waals surface area contributed by atoms with Crippen molar-refractivity contribution in [3.8, 4) is 0 Å². The van der Waals surface area contributed by atoms with Crippen LogP contribution in [-0.2, 0) is 6.54 Å². The molecule has 1 aliphatic carbocycles. The Morgan fingerprint density at radius 2 is 2.00 bits per heavy atom. The lowest BCUT2D eigenvalue weighted by molar-refractivity contribution is 0.282. The van der Waals surface area contributed by atoms with Crippen LogP contribution in [0.2, 0.25) is 0 Å². The summed E-state index contributed by atoms with van der Waals surface area (Å²) in [6, 6.07) is 9.25. The largest absolute Gasteiger partial charge is 0.309 e. The van der Waals surface area contributed by atoms with Crippen LogP contribution in [0, 0.1) is 5.41 Å². The molecule has 1 fully saturated rings. The topological polar surface area (TPSA) is 12.0 Å². The molecule has 1 unspecified atom stereocenters. The van der Waals surface area contributed by atoms with E-state index in [0.29, 0.717) is 11.5 Å². The van der Waals surface area contributed by atoms with Gasteiger partial charge in [0.15, 0.2) is 0 Å². The second-order valence-corrected chi connectivity index (χ2v) is 6.36. The summed E-state index contributed by atoms with van der Waals surface area (Å²) in [5.41, 5.74) is 1.83. The highest BCUT2D eigenvalue weighted by Crippen LogP contribution is 2.37. The first-order valence-corrected chi connectivity index (χ1v) is 6.85. The second kappa shape index (κ2) is 4.89. The Bertz CT molecular complexity index is 342. The van der Waals surface area contributed by atoms with Gasteiger partial charge >= 0.3 is 0 Å². The van der Waals surface area contributed by atoms with Crippen LogP contribution in [-0.4, -0.2) is 6.04 Å². The summed E-state index contributed by atoms with van der Waals surface area (Å²) >= 11 is 3.46. The Morgan fingerprint density at radius 3 is 2.56 bits per heavy atom. The van der Waals surface area contributed by atoms with E-state index in [-0.39, 0.29) is 0 Å². The van der Waals surface area contributed by atoms with Crippen LogP contribution in [0.15, 0.2) is 28.7 Å². The predicted octanol–water partition coefficient (Wildman–Crippen LogP) is 4.12. The normalized spacial score (nSPS) is 23.6. The molecule has 2 heteroatoms. The van der Waals surface area contributed by atoms with Crippen molar-refractivity contribution >= 4 is 15.9 Å². The quantitative estimate of drug-likeness (QED) is 0.879. The van der Waals surface area contributed by atoms with Gasteiger partial charge in [0.2, 0.25) is 0 Å². The van der Waals surface area contributed by atoms with Gasteiger partial charge in [-0.25, -0.2) is 0 Å². The SMILES string of the molecule is CC1(C)CCCC1NCc1ccc(Br)cc1. The fourth-order valence-electron chi connectivity index (χ4n) is 2.55.